The maximum Gasteiger partial charge on any atom is 0.111 e. The van der Waals surface area contributed by atoms with Gasteiger partial charge in [0.2, 0.25) is 0 Å². The lowest BCUT2D eigenvalue weighted by atomic mass is 9.70. The Morgan fingerprint density at radius 2 is 2.00 bits per heavy atom. The summed E-state index contributed by atoms with van der Waals surface area (Å²) in [6.07, 6.45) is 12.0. The molecule has 0 aromatic carbocycles. The van der Waals surface area contributed by atoms with Crippen molar-refractivity contribution in [2.45, 2.75) is 117 Å². The van der Waals surface area contributed by atoms with Crippen LogP contribution in [0.15, 0.2) is 34.9 Å². The van der Waals surface area contributed by atoms with E-state index in [1.807, 2.05) is 6.92 Å². The molecule has 2 heteroatoms. The number of hydrogen-bond acceptors (Lipinski definition) is 2. The van der Waals surface area contributed by atoms with Gasteiger partial charge < -0.3 is 9.84 Å². The molecular formula is C25H42O2. The van der Waals surface area contributed by atoms with Crippen molar-refractivity contribution in [3.63, 3.8) is 0 Å². The van der Waals surface area contributed by atoms with Gasteiger partial charge >= 0.3 is 0 Å². The summed E-state index contributed by atoms with van der Waals surface area (Å²) < 4.78 is 6.89. The molecule has 0 radical (unpaired) electrons. The number of rotatable bonds is 9. The number of ether oxygens (including phenoxy) is 1. The third kappa shape index (κ3) is 5.15. The van der Waals surface area contributed by atoms with Gasteiger partial charge in [-0.05, 0) is 94.9 Å². The van der Waals surface area contributed by atoms with Gasteiger partial charge in [0.15, 0.2) is 0 Å². The molecule has 27 heavy (non-hydrogen) atoms. The molecule has 4 atom stereocenters. The van der Waals surface area contributed by atoms with E-state index in [4.69, 9.17) is 4.74 Å². The second kappa shape index (κ2) is 9.09. The summed E-state index contributed by atoms with van der Waals surface area (Å²) in [7, 11) is 0. The Balaban J connectivity index is 1.95. The third-order valence-corrected chi connectivity index (χ3v) is 7.06. The van der Waals surface area contributed by atoms with E-state index in [-0.39, 0.29) is 11.2 Å². The van der Waals surface area contributed by atoms with Crippen molar-refractivity contribution in [2.75, 3.05) is 0 Å². The molecule has 0 aromatic heterocycles. The van der Waals surface area contributed by atoms with Gasteiger partial charge in [0.25, 0.3) is 0 Å². The van der Waals surface area contributed by atoms with E-state index in [1.54, 1.807) is 0 Å². The van der Waals surface area contributed by atoms with E-state index < -0.39 is 6.10 Å². The second-order valence-electron chi connectivity index (χ2n) is 9.52. The second-order valence-corrected chi connectivity index (χ2v) is 9.52. The van der Waals surface area contributed by atoms with E-state index in [0.29, 0.717) is 0 Å². The van der Waals surface area contributed by atoms with Crippen molar-refractivity contribution in [3.05, 3.63) is 34.9 Å². The molecule has 2 aliphatic rings. The maximum absolute atomic E-state index is 10.3. The van der Waals surface area contributed by atoms with Crippen LogP contribution in [0.5, 0.6) is 0 Å². The lowest BCUT2D eigenvalue weighted by molar-refractivity contribution is -0.144. The Hall–Kier alpha value is -0.860. The largest absolute Gasteiger partial charge is 0.385 e. The highest BCUT2D eigenvalue weighted by Gasteiger charge is 2.48. The number of fused-ring (bicyclic) bond motifs is 1. The average molecular weight is 375 g/mol. The molecule has 154 valence electrons. The standard InChI is InChI=1S/C25H42O2/c1-8-25-21(6)20(5)23(26)17-22(25)14-16-24(7,27-25)15-10-13-19(4)12-9-11-18(2)3/h17,19,23,26H,2,8-16H2,1,3-7H3. The minimum Gasteiger partial charge on any atom is -0.385 e. The van der Waals surface area contributed by atoms with Crippen molar-refractivity contribution >= 4 is 0 Å². The molecule has 0 spiro atoms. The first-order valence-electron chi connectivity index (χ1n) is 11.0. The smallest absolute Gasteiger partial charge is 0.111 e. The van der Waals surface area contributed by atoms with E-state index in [1.165, 1.54) is 42.4 Å². The van der Waals surface area contributed by atoms with E-state index >= 15 is 0 Å². The Labute approximate surface area is 167 Å². The average Bonchev–Trinajstić information content (AvgIpc) is 2.60. The summed E-state index contributed by atoms with van der Waals surface area (Å²) in [5.41, 5.74) is 4.55. The molecule has 0 aromatic rings. The van der Waals surface area contributed by atoms with Gasteiger partial charge in [-0.25, -0.2) is 0 Å². The molecule has 1 saturated heterocycles. The van der Waals surface area contributed by atoms with Crippen molar-refractivity contribution in [1.29, 1.82) is 0 Å². The van der Waals surface area contributed by atoms with Crippen LogP contribution < -0.4 is 0 Å². The summed E-state index contributed by atoms with van der Waals surface area (Å²) >= 11 is 0. The third-order valence-electron chi connectivity index (χ3n) is 7.06. The van der Waals surface area contributed by atoms with Crippen LogP contribution in [0.1, 0.15) is 99.3 Å². The van der Waals surface area contributed by atoms with Crippen LogP contribution in [0.3, 0.4) is 0 Å². The molecule has 0 amide bonds. The monoisotopic (exact) mass is 374 g/mol. The molecular weight excluding hydrogens is 332 g/mol. The molecule has 1 fully saturated rings. The predicted octanol–water partition coefficient (Wildman–Crippen LogP) is 6.89. The van der Waals surface area contributed by atoms with Gasteiger partial charge in [0.1, 0.15) is 5.60 Å². The van der Waals surface area contributed by atoms with Crippen LogP contribution in [-0.4, -0.2) is 22.4 Å². The summed E-state index contributed by atoms with van der Waals surface area (Å²) in [6.45, 7) is 17.2. The first-order valence-corrected chi connectivity index (χ1v) is 11.0. The Morgan fingerprint density at radius 1 is 1.33 bits per heavy atom. The number of allylic oxidation sites excluding steroid dienone is 1. The zero-order valence-electron chi connectivity index (χ0n) is 18.7. The zero-order chi connectivity index (χ0) is 20.2. The number of aliphatic hydroxyl groups excluding tert-OH is 1. The Kier molecular flexibility index (Phi) is 7.55. The van der Waals surface area contributed by atoms with E-state index in [9.17, 15) is 5.11 Å². The fourth-order valence-electron chi connectivity index (χ4n) is 4.99. The highest BCUT2D eigenvalue weighted by molar-refractivity contribution is 5.44. The van der Waals surface area contributed by atoms with Crippen LogP contribution in [0, 0.1) is 5.92 Å². The van der Waals surface area contributed by atoms with Gasteiger partial charge in [-0.3, -0.25) is 0 Å². The number of aliphatic hydroxyl groups is 1. The normalized spacial score (nSPS) is 32.1. The lowest BCUT2D eigenvalue weighted by Gasteiger charge is -2.51. The van der Waals surface area contributed by atoms with Crippen LogP contribution in [0.25, 0.3) is 0 Å². The summed E-state index contributed by atoms with van der Waals surface area (Å²) in [5.74, 6) is 0.779. The van der Waals surface area contributed by atoms with E-state index in [0.717, 1.165) is 43.6 Å². The maximum atomic E-state index is 10.3. The molecule has 1 N–H and O–H groups in total. The molecule has 0 bridgehead atoms. The molecule has 1 heterocycles. The number of hydrogen-bond donors (Lipinski definition) is 1. The van der Waals surface area contributed by atoms with Gasteiger partial charge in [-0.15, -0.1) is 6.58 Å². The minimum atomic E-state index is -0.437. The lowest BCUT2D eigenvalue weighted by Crippen LogP contribution is -2.51. The Bertz CT molecular complexity index is 599. The van der Waals surface area contributed by atoms with Crippen molar-refractivity contribution in [2.24, 2.45) is 5.92 Å². The van der Waals surface area contributed by atoms with Crippen LogP contribution >= 0.6 is 0 Å². The minimum absolute atomic E-state index is 0.0609. The topological polar surface area (TPSA) is 29.5 Å². The SMILES string of the molecule is C=C(C)CCCC(C)CCCC1(C)CCC2=CC(O)C(C)=C(C)C2(CC)O1. The van der Waals surface area contributed by atoms with Crippen molar-refractivity contribution in [3.8, 4) is 0 Å². The molecule has 4 unspecified atom stereocenters. The molecule has 1 aliphatic carbocycles. The highest BCUT2D eigenvalue weighted by atomic mass is 16.5. The summed E-state index contributed by atoms with van der Waals surface area (Å²) in [6, 6.07) is 0. The highest BCUT2D eigenvalue weighted by Crippen LogP contribution is 2.50. The fraction of sp³-hybridized carbons (Fsp3) is 0.760. The molecule has 0 saturated carbocycles. The zero-order valence-corrected chi connectivity index (χ0v) is 18.7. The van der Waals surface area contributed by atoms with Crippen LogP contribution in [-0.2, 0) is 4.74 Å². The molecule has 2 rings (SSSR count). The predicted molar refractivity (Wildman–Crippen MR) is 116 cm³/mol. The van der Waals surface area contributed by atoms with Gasteiger partial charge in [0, 0.05) is 0 Å². The van der Waals surface area contributed by atoms with Crippen molar-refractivity contribution in [1.82, 2.24) is 0 Å². The van der Waals surface area contributed by atoms with Crippen LogP contribution in [0.2, 0.25) is 0 Å². The molecule has 2 nitrogen and oxygen atoms in total. The quantitative estimate of drug-likeness (QED) is 0.445. The van der Waals surface area contributed by atoms with Gasteiger partial charge in [0.05, 0.1) is 11.7 Å². The fourth-order valence-corrected chi connectivity index (χ4v) is 4.99. The van der Waals surface area contributed by atoms with Gasteiger partial charge in [-0.2, -0.15) is 0 Å². The Morgan fingerprint density at radius 3 is 2.63 bits per heavy atom. The van der Waals surface area contributed by atoms with Crippen LogP contribution in [0.4, 0.5) is 0 Å². The summed E-state index contributed by atoms with van der Waals surface area (Å²) in [4.78, 5) is 0. The van der Waals surface area contributed by atoms with Crippen molar-refractivity contribution < 1.29 is 9.84 Å². The molecule has 1 aliphatic heterocycles. The first-order chi connectivity index (χ1) is 12.6. The first kappa shape index (κ1) is 22.4. The van der Waals surface area contributed by atoms with E-state index in [2.05, 4.69) is 47.3 Å². The van der Waals surface area contributed by atoms with Gasteiger partial charge in [-0.1, -0.05) is 38.7 Å². The summed E-state index contributed by atoms with van der Waals surface area (Å²) in [5, 5.41) is 10.3.